The fourth-order valence-electron chi connectivity index (χ4n) is 11.2. The Hall–Kier alpha value is -7.89. The first-order valence-electron chi connectivity index (χ1n) is 26.7. The SMILES string of the molecule is CC(=O)N1CCCC1C(=O)N1CCN(CC(=O)N2CCC(c3nn(CC(=O)NCC(=O)NCC(=O)O)c4cccc(-c5cc6c(cnn6C)cc5F)c34)CC2)CC1.Cc1sc2c(c1C)C(c1ccc(Cl)cc1)=NCc1nnc(C)n1-2. The van der Waals surface area contributed by atoms with Crippen molar-refractivity contribution in [3.05, 3.63) is 111 Å². The minimum absolute atomic E-state index is 0.00142. The lowest BCUT2D eigenvalue weighted by Gasteiger charge is -2.38. The topological polar surface area (TPSA) is 238 Å². The van der Waals surface area contributed by atoms with E-state index >= 15 is 4.39 Å². The van der Waals surface area contributed by atoms with Crippen molar-refractivity contribution < 1.29 is 38.3 Å². The third-order valence-electron chi connectivity index (χ3n) is 15.5. The van der Waals surface area contributed by atoms with Gasteiger partial charge in [0.2, 0.25) is 29.5 Å². The highest BCUT2D eigenvalue weighted by Gasteiger charge is 2.37. The van der Waals surface area contributed by atoms with Crippen molar-refractivity contribution in [1.82, 2.24) is 64.6 Å². The Labute approximate surface area is 469 Å². The summed E-state index contributed by atoms with van der Waals surface area (Å²) in [5.41, 5.74) is 7.48. The van der Waals surface area contributed by atoms with Crippen LogP contribution < -0.4 is 10.6 Å². The number of piperidine rings is 1. The fraction of sp³-hybridized carbons (Fsp3) is 0.411. The molecule has 21 nitrogen and oxygen atoms in total. The lowest BCUT2D eigenvalue weighted by atomic mass is 9.88. The molecule has 80 heavy (non-hydrogen) atoms. The Bertz CT molecular complexity index is 3590. The molecule has 24 heteroatoms. The number of hydrogen-bond donors (Lipinski definition) is 3. The van der Waals surface area contributed by atoms with Crippen LogP contribution in [-0.2, 0) is 48.9 Å². The van der Waals surface area contributed by atoms with Crippen molar-refractivity contribution in [2.75, 3.05) is 65.4 Å². The molecular formula is C56H62ClFN14O7S. The maximum Gasteiger partial charge on any atom is 0.322 e. The normalized spacial score (nSPS) is 16.7. The zero-order chi connectivity index (χ0) is 56.5. The first-order chi connectivity index (χ1) is 38.4. The van der Waals surface area contributed by atoms with Crippen molar-refractivity contribution in [2.24, 2.45) is 12.0 Å². The van der Waals surface area contributed by atoms with Gasteiger partial charge in [-0.2, -0.15) is 10.2 Å². The highest BCUT2D eigenvalue weighted by atomic mass is 35.5. The van der Waals surface area contributed by atoms with Crippen molar-refractivity contribution in [2.45, 2.75) is 78.4 Å². The predicted octanol–water partition coefficient (Wildman–Crippen LogP) is 5.17. The molecule has 0 aliphatic carbocycles. The van der Waals surface area contributed by atoms with Gasteiger partial charge in [-0.3, -0.25) is 52.6 Å². The molecule has 3 fully saturated rings. The number of carboxylic acids is 1. The zero-order valence-electron chi connectivity index (χ0n) is 45.2. The van der Waals surface area contributed by atoms with Crippen molar-refractivity contribution in [1.29, 1.82) is 0 Å². The number of hydrogen-bond acceptors (Lipinski definition) is 13. The summed E-state index contributed by atoms with van der Waals surface area (Å²) in [4.78, 5) is 88.2. The minimum atomic E-state index is -1.21. The molecule has 4 aliphatic rings. The molecule has 3 saturated heterocycles. The molecule has 3 aromatic carbocycles. The van der Waals surface area contributed by atoms with E-state index in [0.29, 0.717) is 105 Å². The number of thiophene rings is 1. The number of nitrogens with zero attached hydrogens (tertiary/aromatic N) is 12. The number of carbonyl (C=O) groups excluding carboxylic acids is 5. The molecule has 418 valence electrons. The van der Waals surface area contributed by atoms with Crippen LogP contribution in [0.5, 0.6) is 0 Å². The van der Waals surface area contributed by atoms with Crippen LogP contribution in [-0.4, -0.2) is 172 Å². The zero-order valence-corrected chi connectivity index (χ0v) is 46.7. The summed E-state index contributed by atoms with van der Waals surface area (Å²) in [6, 6.07) is 16.1. The summed E-state index contributed by atoms with van der Waals surface area (Å²) < 4.78 is 21.2. The van der Waals surface area contributed by atoms with Crippen LogP contribution in [0.4, 0.5) is 4.39 Å². The number of aryl methyl sites for hydroxylation is 3. The van der Waals surface area contributed by atoms with Crippen molar-refractivity contribution >= 4 is 86.0 Å². The molecule has 4 aliphatic heterocycles. The average molecular weight is 1130 g/mol. The van der Waals surface area contributed by atoms with Gasteiger partial charge in [0.25, 0.3) is 0 Å². The van der Waals surface area contributed by atoms with E-state index in [-0.39, 0.29) is 36.7 Å². The van der Waals surface area contributed by atoms with Crippen LogP contribution in [0.2, 0.25) is 5.02 Å². The van der Waals surface area contributed by atoms with Gasteiger partial charge in [0.15, 0.2) is 5.82 Å². The largest absolute Gasteiger partial charge is 0.480 e. The van der Waals surface area contributed by atoms with Gasteiger partial charge >= 0.3 is 5.97 Å². The minimum Gasteiger partial charge on any atom is -0.480 e. The summed E-state index contributed by atoms with van der Waals surface area (Å²) in [5.74, 6) is -1.26. The monoisotopic (exact) mass is 1130 g/mol. The van der Waals surface area contributed by atoms with E-state index < -0.39 is 42.7 Å². The second kappa shape index (κ2) is 23.4. The van der Waals surface area contributed by atoms with Gasteiger partial charge in [-0.15, -0.1) is 21.5 Å². The lowest BCUT2D eigenvalue weighted by Crippen LogP contribution is -2.55. The summed E-state index contributed by atoms with van der Waals surface area (Å²) in [6.07, 6.45) is 4.27. The summed E-state index contributed by atoms with van der Waals surface area (Å²) >= 11 is 7.80. The molecule has 7 aromatic rings. The standard InChI is InChI=1S/C39H47FN10O7.C17H15ClN4S/c1-24(51)49-10-4-7-31(49)39(57)48-15-13-46(14-16-48)23-35(54)47-11-8-25(9-12-47)38-37-27(28-18-32-26(17-29(28)40)19-43-45(32)2)5-3-6-30(37)50(44-38)22-34(53)41-20-33(52)42-21-36(55)56;1-9-10(2)23-17-15(9)16(12-4-6-13(18)7-5-12)19-8-14-21-20-11(3)22(14)17/h3,5-6,17-19,25,31H,4,7-16,20-23H2,1-2H3,(H,41,53)(H,42,52)(H,55,56);4-7H,8H2,1-3H3. The number of aliphatic carboxylic acids is 1. The van der Waals surface area contributed by atoms with Gasteiger partial charge in [0, 0.05) is 103 Å². The predicted molar refractivity (Wildman–Crippen MR) is 299 cm³/mol. The van der Waals surface area contributed by atoms with Crippen LogP contribution >= 0.6 is 22.9 Å². The number of halogens is 2. The molecule has 0 spiro atoms. The molecule has 5 amide bonds. The molecule has 0 saturated carbocycles. The highest BCUT2D eigenvalue weighted by Crippen LogP contribution is 2.41. The fourth-order valence-corrected chi connectivity index (χ4v) is 12.5. The van der Waals surface area contributed by atoms with E-state index in [2.05, 4.69) is 49.2 Å². The average Bonchev–Trinajstić information content (AvgIpc) is 4.30. The Morgan fingerprint density at radius 2 is 1.56 bits per heavy atom. The Morgan fingerprint density at radius 1 is 0.825 bits per heavy atom. The van der Waals surface area contributed by atoms with E-state index in [9.17, 15) is 28.8 Å². The smallest absolute Gasteiger partial charge is 0.322 e. The maximum atomic E-state index is 15.8. The van der Waals surface area contributed by atoms with Gasteiger partial charge < -0.3 is 30.4 Å². The number of rotatable bonds is 12. The summed E-state index contributed by atoms with van der Waals surface area (Å²) in [7, 11) is 1.78. The first-order valence-corrected chi connectivity index (χ1v) is 27.9. The van der Waals surface area contributed by atoms with Gasteiger partial charge in [-0.25, -0.2) is 4.39 Å². The van der Waals surface area contributed by atoms with E-state index in [0.717, 1.165) is 44.9 Å². The van der Waals surface area contributed by atoms with E-state index in [1.54, 1.807) is 51.2 Å². The molecule has 4 aromatic heterocycles. The van der Waals surface area contributed by atoms with E-state index in [1.165, 1.54) is 33.7 Å². The third-order valence-corrected chi connectivity index (χ3v) is 17.0. The molecular weight excluding hydrogens is 1070 g/mol. The van der Waals surface area contributed by atoms with Crippen molar-refractivity contribution in [3.8, 4) is 16.1 Å². The number of carbonyl (C=O) groups is 6. The Balaban J connectivity index is 0.000000259. The molecule has 1 atom stereocenters. The molecule has 1 unspecified atom stereocenters. The second-order valence-corrected chi connectivity index (χ2v) is 22.2. The number of amides is 5. The maximum absolute atomic E-state index is 15.8. The second-order valence-electron chi connectivity index (χ2n) is 20.6. The molecule has 3 N–H and O–H groups in total. The lowest BCUT2D eigenvalue weighted by molar-refractivity contribution is -0.144. The van der Waals surface area contributed by atoms with E-state index in [1.807, 2.05) is 48.2 Å². The number of nitrogens with one attached hydrogen (secondary N) is 2. The van der Waals surface area contributed by atoms with Gasteiger partial charge in [0.05, 0.1) is 41.7 Å². The number of aliphatic imine (C=N–C) groups is 1. The van der Waals surface area contributed by atoms with Crippen LogP contribution in [0, 0.1) is 26.6 Å². The summed E-state index contributed by atoms with van der Waals surface area (Å²) in [6.45, 7) is 11.0. The number of carboxylic acid groups (broad SMARTS) is 1. The quantitative estimate of drug-likeness (QED) is 0.144. The van der Waals surface area contributed by atoms with E-state index in [4.69, 9.17) is 26.8 Å². The Morgan fingerprint density at radius 3 is 2.29 bits per heavy atom. The third kappa shape index (κ3) is 11.4. The van der Waals surface area contributed by atoms with Crippen LogP contribution in [0.25, 0.3) is 37.9 Å². The molecule has 8 heterocycles. The first kappa shape index (κ1) is 55.4. The molecule has 0 radical (unpaired) electrons. The van der Waals surface area contributed by atoms with Gasteiger partial charge in [-0.05, 0) is 87.9 Å². The number of fused-ring (bicyclic) bond motifs is 5. The van der Waals surface area contributed by atoms with Gasteiger partial charge in [0.1, 0.15) is 42.3 Å². The number of benzene rings is 3. The number of piperazine rings is 1. The van der Waals surface area contributed by atoms with Gasteiger partial charge in [-0.1, -0.05) is 35.9 Å². The number of aromatic nitrogens is 7. The van der Waals surface area contributed by atoms with Crippen LogP contribution in [0.1, 0.15) is 77.4 Å². The highest BCUT2D eigenvalue weighted by molar-refractivity contribution is 7.15. The van der Waals surface area contributed by atoms with Crippen LogP contribution in [0.15, 0.2) is 65.8 Å². The molecule has 11 rings (SSSR count). The summed E-state index contributed by atoms with van der Waals surface area (Å²) in [5, 5.41) is 34.5. The van der Waals surface area contributed by atoms with Crippen molar-refractivity contribution in [3.63, 3.8) is 0 Å². The van der Waals surface area contributed by atoms with Crippen LogP contribution in [0.3, 0.4) is 0 Å². The Kier molecular flexibility index (Phi) is 16.2. The number of likely N-dealkylation sites (tertiary alicyclic amines) is 2. The molecule has 0 bridgehead atoms.